The quantitative estimate of drug-likeness (QED) is 0.660. The van der Waals surface area contributed by atoms with Crippen LogP contribution >= 0.6 is 11.8 Å². The van der Waals surface area contributed by atoms with Crippen LogP contribution in [-0.2, 0) is 4.79 Å². The Kier molecular flexibility index (Phi) is 2.44. The highest BCUT2D eigenvalue weighted by atomic mass is 32.2. The lowest BCUT2D eigenvalue weighted by atomic mass is 9.88. The van der Waals surface area contributed by atoms with Gasteiger partial charge in [-0.05, 0) is 6.42 Å². The molecule has 0 aromatic rings. The molecule has 1 atom stereocenters. The second-order valence-electron chi connectivity index (χ2n) is 2.90. The van der Waals surface area contributed by atoms with Gasteiger partial charge >= 0.3 is 5.97 Å². The largest absolute Gasteiger partial charge is 0.481 e. The van der Waals surface area contributed by atoms with Gasteiger partial charge in [0.25, 0.3) is 0 Å². The number of aliphatic carboxylic acids is 1. The summed E-state index contributed by atoms with van der Waals surface area (Å²) in [5.74, 6) is -0.325. The fourth-order valence-corrected chi connectivity index (χ4v) is 2.32. The van der Waals surface area contributed by atoms with Crippen molar-refractivity contribution in [3.63, 3.8) is 0 Å². The lowest BCUT2D eigenvalue weighted by Gasteiger charge is -2.40. The molecule has 1 heterocycles. The number of carboxylic acid groups (broad SMARTS) is 1. The van der Waals surface area contributed by atoms with Crippen molar-refractivity contribution in [3.05, 3.63) is 0 Å². The molecule has 1 saturated heterocycles. The minimum absolute atomic E-state index is 0.506. The zero-order valence-corrected chi connectivity index (χ0v) is 7.23. The van der Waals surface area contributed by atoms with Crippen molar-refractivity contribution in [2.24, 2.45) is 5.92 Å². The number of hydrogen-bond acceptors (Lipinski definition) is 3. The van der Waals surface area contributed by atoms with E-state index in [2.05, 4.69) is 0 Å². The average Bonchev–Trinajstić information content (AvgIpc) is 1.85. The Morgan fingerprint density at radius 1 is 1.73 bits per heavy atom. The average molecular weight is 176 g/mol. The summed E-state index contributed by atoms with van der Waals surface area (Å²) < 4.78 is 0. The Bertz CT molecular complexity index is 165. The third-order valence-electron chi connectivity index (χ3n) is 2.06. The highest BCUT2D eigenvalue weighted by Crippen LogP contribution is 2.37. The Balaban J connectivity index is 2.60. The second kappa shape index (κ2) is 3.03. The van der Waals surface area contributed by atoms with Crippen LogP contribution in [0, 0.1) is 5.92 Å². The van der Waals surface area contributed by atoms with Crippen molar-refractivity contribution in [2.45, 2.75) is 18.9 Å². The molecule has 1 rings (SSSR count). The lowest BCUT2D eigenvalue weighted by Crippen LogP contribution is -2.52. The fraction of sp³-hybridized carbons (Fsp3) is 0.857. The Hall–Kier alpha value is -0.220. The standard InChI is InChI=1S/C7H12O3S/c1-2-5(6(8)9)7(10)3-11-4-7/h5,10H,2-4H2,1H3,(H,8,9). The highest BCUT2D eigenvalue weighted by molar-refractivity contribution is 8.00. The Morgan fingerprint density at radius 2 is 2.27 bits per heavy atom. The molecule has 4 heteroatoms. The van der Waals surface area contributed by atoms with Crippen molar-refractivity contribution < 1.29 is 15.0 Å². The fourth-order valence-electron chi connectivity index (χ4n) is 1.30. The van der Waals surface area contributed by atoms with Gasteiger partial charge in [0, 0.05) is 11.5 Å². The first kappa shape index (κ1) is 8.87. The summed E-state index contributed by atoms with van der Waals surface area (Å²) in [5.41, 5.74) is -0.925. The summed E-state index contributed by atoms with van der Waals surface area (Å²) in [5, 5.41) is 18.3. The van der Waals surface area contributed by atoms with Crippen LogP contribution < -0.4 is 0 Å². The van der Waals surface area contributed by atoms with Crippen LogP contribution in [0.1, 0.15) is 13.3 Å². The van der Waals surface area contributed by atoms with Gasteiger partial charge in [0.2, 0.25) is 0 Å². The van der Waals surface area contributed by atoms with Crippen LogP contribution in [0.25, 0.3) is 0 Å². The van der Waals surface area contributed by atoms with E-state index in [0.29, 0.717) is 17.9 Å². The summed E-state index contributed by atoms with van der Waals surface area (Å²) in [6, 6.07) is 0. The molecular weight excluding hydrogens is 164 g/mol. The van der Waals surface area contributed by atoms with Crippen molar-refractivity contribution in [2.75, 3.05) is 11.5 Å². The maximum Gasteiger partial charge on any atom is 0.309 e. The molecule has 2 N–H and O–H groups in total. The molecule has 0 radical (unpaired) electrons. The van der Waals surface area contributed by atoms with Crippen LogP contribution in [0.5, 0.6) is 0 Å². The Morgan fingerprint density at radius 3 is 2.36 bits per heavy atom. The van der Waals surface area contributed by atoms with Crippen LogP contribution in [0.2, 0.25) is 0 Å². The molecule has 1 unspecified atom stereocenters. The van der Waals surface area contributed by atoms with E-state index >= 15 is 0 Å². The first-order chi connectivity index (χ1) is 5.10. The molecule has 0 aromatic heterocycles. The van der Waals surface area contributed by atoms with Gasteiger partial charge in [-0.25, -0.2) is 0 Å². The zero-order chi connectivity index (χ0) is 8.48. The van der Waals surface area contributed by atoms with Crippen LogP contribution in [0.3, 0.4) is 0 Å². The molecule has 11 heavy (non-hydrogen) atoms. The summed E-state index contributed by atoms with van der Waals surface area (Å²) in [4.78, 5) is 10.6. The van der Waals surface area contributed by atoms with Gasteiger partial charge in [-0.3, -0.25) is 4.79 Å². The van der Waals surface area contributed by atoms with Crippen LogP contribution in [0.15, 0.2) is 0 Å². The molecular formula is C7H12O3S. The molecule has 0 amide bonds. The molecule has 64 valence electrons. The number of thioether (sulfide) groups is 1. The summed E-state index contributed by atoms with van der Waals surface area (Å²) in [6.45, 7) is 1.79. The summed E-state index contributed by atoms with van der Waals surface area (Å²) >= 11 is 1.59. The van der Waals surface area contributed by atoms with Gasteiger partial charge in [0.05, 0.1) is 11.5 Å². The number of carboxylic acids is 1. The highest BCUT2D eigenvalue weighted by Gasteiger charge is 2.45. The maximum atomic E-state index is 10.6. The van der Waals surface area contributed by atoms with E-state index < -0.39 is 17.5 Å². The van der Waals surface area contributed by atoms with Crippen molar-refractivity contribution in [1.82, 2.24) is 0 Å². The summed E-state index contributed by atoms with van der Waals surface area (Å²) in [6.07, 6.45) is 0.506. The Labute approximate surface area is 69.8 Å². The first-order valence-electron chi connectivity index (χ1n) is 3.63. The molecule has 1 aliphatic heterocycles. The van der Waals surface area contributed by atoms with Gasteiger partial charge in [-0.1, -0.05) is 6.92 Å². The maximum absolute atomic E-state index is 10.6. The molecule has 0 aliphatic carbocycles. The van der Waals surface area contributed by atoms with E-state index in [-0.39, 0.29) is 0 Å². The molecule has 0 saturated carbocycles. The van der Waals surface area contributed by atoms with Crippen molar-refractivity contribution in [3.8, 4) is 0 Å². The number of hydrogen-bond donors (Lipinski definition) is 2. The van der Waals surface area contributed by atoms with E-state index in [0.717, 1.165) is 0 Å². The van der Waals surface area contributed by atoms with E-state index in [1.807, 2.05) is 0 Å². The van der Waals surface area contributed by atoms with E-state index in [1.54, 1.807) is 18.7 Å². The second-order valence-corrected chi connectivity index (χ2v) is 3.88. The third kappa shape index (κ3) is 1.51. The van der Waals surface area contributed by atoms with Gasteiger partial charge in [-0.2, -0.15) is 11.8 Å². The molecule has 0 spiro atoms. The van der Waals surface area contributed by atoms with E-state index in [4.69, 9.17) is 5.11 Å². The zero-order valence-electron chi connectivity index (χ0n) is 6.41. The molecule has 3 nitrogen and oxygen atoms in total. The van der Waals surface area contributed by atoms with Gasteiger partial charge in [0.1, 0.15) is 0 Å². The molecule has 0 aromatic carbocycles. The predicted molar refractivity (Wildman–Crippen MR) is 43.7 cm³/mol. The van der Waals surface area contributed by atoms with Crippen LogP contribution in [-0.4, -0.2) is 33.3 Å². The lowest BCUT2D eigenvalue weighted by molar-refractivity contribution is -0.150. The summed E-state index contributed by atoms with van der Waals surface area (Å²) in [7, 11) is 0. The third-order valence-corrected chi connectivity index (χ3v) is 3.47. The van der Waals surface area contributed by atoms with Crippen molar-refractivity contribution >= 4 is 17.7 Å². The smallest absolute Gasteiger partial charge is 0.309 e. The number of aliphatic hydroxyl groups is 1. The SMILES string of the molecule is CCC(C(=O)O)C1(O)CSC1. The molecule has 0 bridgehead atoms. The number of rotatable bonds is 3. The van der Waals surface area contributed by atoms with Gasteiger partial charge in [0.15, 0.2) is 0 Å². The molecule has 1 aliphatic rings. The van der Waals surface area contributed by atoms with Gasteiger partial charge < -0.3 is 10.2 Å². The van der Waals surface area contributed by atoms with E-state index in [1.165, 1.54) is 0 Å². The molecule has 1 fully saturated rings. The normalized spacial score (nSPS) is 23.8. The predicted octanol–water partition coefficient (Wildman–Crippen LogP) is 0.575. The minimum Gasteiger partial charge on any atom is -0.481 e. The first-order valence-corrected chi connectivity index (χ1v) is 4.78. The van der Waals surface area contributed by atoms with E-state index in [9.17, 15) is 9.90 Å². The van der Waals surface area contributed by atoms with Crippen LogP contribution in [0.4, 0.5) is 0 Å². The minimum atomic E-state index is -0.925. The van der Waals surface area contributed by atoms with Crippen molar-refractivity contribution in [1.29, 1.82) is 0 Å². The monoisotopic (exact) mass is 176 g/mol. The number of carbonyl (C=O) groups is 1. The van der Waals surface area contributed by atoms with Gasteiger partial charge in [-0.15, -0.1) is 0 Å². The topological polar surface area (TPSA) is 57.5 Å².